The Kier molecular flexibility index (Phi) is 6.35. The maximum absolute atomic E-state index is 12.8. The van der Waals surface area contributed by atoms with Gasteiger partial charge >= 0.3 is 0 Å². The number of hydrogen-bond acceptors (Lipinski definition) is 6. The number of methoxy groups -OCH3 is 1. The van der Waals surface area contributed by atoms with Gasteiger partial charge < -0.3 is 9.64 Å². The van der Waals surface area contributed by atoms with Crippen LogP contribution in [0.25, 0.3) is 0 Å². The quantitative estimate of drug-likeness (QED) is 0.465. The summed E-state index contributed by atoms with van der Waals surface area (Å²) in [4.78, 5) is 40.6. The van der Waals surface area contributed by atoms with E-state index in [1.807, 2.05) is 0 Å². The molecule has 3 rings (SSSR count). The molecule has 0 N–H and O–H groups in total. The third-order valence-corrected chi connectivity index (χ3v) is 7.11. The van der Waals surface area contributed by atoms with Gasteiger partial charge in [-0.3, -0.25) is 19.3 Å². The maximum atomic E-state index is 12.8. The summed E-state index contributed by atoms with van der Waals surface area (Å²) in [5.41, 5.74) is 0.837. The normalized spacial score (nSPS) is 17.7. The highest BCUT2D eigenvalue weighted by Gasteiger charge is 2.36. The lowest BCUT2D eigenvalue weighted by molar-refractivity contribution is 0.0638. The second-order valence-corrected chi connectivity index (χ2v) is 9.22. The van der Waals surface area contributed by atoms with Crippen molar-refractivity contribution in [2.75, 3.05) is 52.2 Å². The highest BCUT2D eigenvalue weighted by Crippen LogP contribution is 2.25. The number of sulfonamides is 1. The van der Waals surface area contributed by atoms with Crippen molar-refractivity contribution in [3.05, 3.63) is 34.9 Å². The number of hydrogen-bond donors (Lipinski definition) is 0. The lowest BCUT2D eigenvalue weighted by Gasteiger charge is -2.33. The number of benzene rings is 1. The van der Waals surface area contributed by atoms with Gasteiger partial charge in [0, 0.05) is 52.0 Å². The van der Waals surface area contributed by atoms with E-state index < -0.39 is 15.9 Å². The number of amides is 3. The molecule has 10 heteroatoms. The molecule has 1 saturated heterocycles. The Morgan fingerprint density at radius 2 is 1.72 bits per heavy atom. The minimum atomic E-state index is -3.27. The molecule has 3 amide bonds. The first-order chi connectivity index (χ1) is 13.8. The van der Waals surface area contributed by atoms with Crippen LogP contribution >= 0.6 is 0 Å². The molecule has 0 unspecified atom stereocenters. The molecule has 0 spiro atoms. The Morgan fingerprint density at radius 1 is 1.07 bits per heavy atom. The summed E-state index contributed by atoms with van der Waals surface area (Å²) in [7, 11) is -1.72. The summed E-state index contributed by atoms with van der Waals surface area (Å²) < 4.78 is 30.3. The van der Waals surface area contributed by atoms with E-state index in [2.05, 4.69) is 0 Å². The van der Waals surface area contributed by atoms with E-state index in [1.54, 1.807) is 25.0 Å². The van der Waals surface area contributed by atoms with Crippen molar-refractivity contribution in [2.45, 2.75) is 13.3 Å². The van der Waals surface area contributed by atoms with Gasteiger partial charge in [0.25, 0.3) is 17.7 Å². The molecule has 2 heterocycles. The number of rotatable bonds is 7. The lowest BCUT2D eigenvalue weighted by atomic mass is 10.0. The van der Waals surface area contributed by atoms with Gasteiger partial charge in [-0.15, -0.1) is 0 Å². The molecule has 0 atom stereocenters. The zero-order chi connectivity index (χ0) is 21.2. The number of nitrogens with zero attached hydrogens (tertiary/aromatic N) is 3. The predicted molar refractivity (Wildman–Crippen MR) is 105 cm³/mol. The third-order valence-electron chi connectivity index (χ3n) is 5.23. The smallest absolute Gasteiger partial charge is 0.261 e. The first kappa shape index (κ1) is 21.4. The Balaban J connectivity index is 1.71. The molecule has 0 bridgehead atoms. The van der Waals surface area contributed by atoms with Crippen molar-refractivity contribution in [1.82, 2.24) is 14.1 Å². The van der Waals surface area contributed by atoms with Gasteiger partial charge in [0.2, 0.25) is 10.0 Å². The first-order valence-corrected chi connectivity index (χ1v) is 11.2. The molecule has 0 aromatic heterocycles. The lowest BCUT2D eigenvalue weighted by Crippen LogP contribution is -2.50. The third kappa shape index (κ3) is 4.19. The fourth-order valence-electron chi connectivity index (χ4n) is 3.53. The largest absolute Gasteiger partial charge is 0.385 e. The summed E-state index contributed by atoms with van der Waals surface area (Å²) in [5.74, 6) is -1.02. The molecule has 0 radical (unpaired) electrons. The average molecular weight is 423 g/mol. The van der Waals surface area contributed by atoms with Gasteiger partial charge in [-0.05, 0) is 31.5 Å². The highest BCUT2D eigenvalue weighted by molar-refractivity contribution is 7.89. The number of piperazine rings is 1. The molecule has 0 aliphatic carbocycles. The van der Waals surface area contributed by atoms with Crippen LogP contribution in [0, 0.1) is 0 Å². The van der Waals surface area contributed by atoms with E-state index in [1.165, 1.54) is 21.3 Å². The Bertz CT molecular complexity index is 922. The van der Waals surface area contributed by atoms with Gasteiger partial charge in [0.15, 0.2) is 0 Å². The van der Waals surface area contributed by atoms with Crippen molar-refractivity contribution in [1.29, 1.82) is 0 Å². The fourth-order valence-corrected chi connectivity index (χ4v) is 4.61. The average Bonchev–Trinajstić information content (AvgIpc) is 2.97. The van der Waals surface area contributed by atoms with E-state index in [0.717, 1.165) is 0 Å². The summed E-state index contributed by atoms with van der Waals surface area (Å²) >= 11 is 0. The van der Waals surface area contributed by atoms with Gasteiger partial charge in [-0.1, -0.05) is 0 Å². The van der Waals surface area contributed by atoms with E-state index in [0.29, 0.717) is 24.2 Å². The molecule has 2 aliphatic heterocycles. The number of fused-ring (bicyclic) bond motifs is 1. The molecule has 29 heavy (non-hydrogen) atoms. The number of imide groups is 1. The maximum Gasteiger partial charge on any atom is 0.261 e. The number of carbonyl (C=O) groups is 3. The molecule has 2 aliphatic rings. The molecule has 1 aromatic carbocycles. The molecule has 1 fully saturated rings. The SMILES string of the molecule is CCS(=O)(=O)N1CCN(C(=O)c2ccc3c(c2)C(=O)N(CCCOC)C3=O)CC1. The summed E-state index contributed by atoms with van der Waals surface area (Å²) in [6.07, 6.45) is 0.540. The van der Waals surface area contributed by atoms with Crippen LogP contribution in [0.2, 0.25) is 0 Å². The van der Waals surface area contributed by atoms with E-state index in [-0.39, 0.29) is 55.9 Å². The van der Waals surface area contributed by atoms with Crippen LogP contribution in [0.5, 0.6) is 0 Å². The molecule has 9 nitrogen and oxygen atoms in total. The van der Waals surface area contributed by atoms with Crippen LogP contribution in [0.15, 0.2) is 18.2 Å². The van der Waals surface area contributed by atoms with Crippen molar-refractivity contribution < 1.29 is 27.5 Å². The van der Waals surface area contributed by atoms with Gasteiger partial charge in [-0.25, -0.2) is 8.42 Å². The Labute approximate surface area is 170 Å². The van der Waals surface area contributed by atoms with Crippen LogP contribution in [-0.4, -0.2) is 92.4 Å². The van der Waals surface area contributed by atoms with Crippen LogP contribution in [0.3, 0.4) is 0 Å². The Hall–Kier alpha value is -2.30. The Morgan fingerprint density at radius 3 is 2.34 bits per heavy atom. The van der Waals surface area contributed by atoms with Crippen LogP contribution in [0.4, 0.5) is 0 Å². The second-order valence-electron chi connectivity index (χ2n) is 6.96. The first-order valence-electron chi connectivity index (χ1n) is 9.56. The molecule has 0 saturated carbocycles. The second kappa shape index (κ2) is 8.60. The summed E-state index contributed by atoms with van der Waals surface area (Å²) in [6.45, 7) is 3.36. The summed E-state index contributed by atoms with van der Waals surface area (Å²) in [6, 6.07) is 4.51. The monoisotopic (exact) mass is 423 g/mol. The number of carbonyl (C=O) groups excluding carboxylic acids is 3. The van der Waals surface area contributed by atoms with Crippen molar-refractivity contribution in [2.24, 2.45) is 0 Å². The van der Waals surface area contributed by atoms with Crippen LogP contribution in [0.1, 0.15) is 44.4 Å². The van der Waals surface area contributed by atoms with E-state index in [9.17, 15) is 22.8 Å². The van der Waals surface area contributed by atoms with Gasteiger partial charge in [0.05, 0.1) is 16.9 Å². The molecule has 158 valence electrons. The van der Waals surface area contributed by atoms with Gasteiger partial charge in [0.1, 0.15) is 0 Å². The standard InChI is InChI=1S/C19H25N3O6S/c1-3-29(26,27)21-10-8-20(9-11-21)17(23)14-5-6-15-16(13-14)19(25)22(18(15)24)7-4-12-28-2/h5-6,13H,3-4,7-12H2,1-2H3. The zero-order valence-electron chi connectivity index (χ0n) is 16.6. The number of ether oxygens (including phenoxy) is 1. The van der Waals surface area contributed by atoms with Crippen molar-refractivity contribution in [3.8, 4) is 0 Å². The van der Waals surface area contributed by atoms with E-state index in [4.69, 9.17) is 4.74 Å². The molecule has 1 aromatic rings. The minimum Gasteiger partial charge on any atom is -0.385 e. The van der Waals surface area contributed by atoms with Crippen molar-refractivity contribution in [3.63, 3.8) is 0 Å². The summed E-state index contributed by atoms with van der Waals surface area (Å²) in [5, 5.41) is 0. The predicted octanol–water partition coefficient (Wildman–Crippen LogP) is 0.427. The topological polar surface area (TPSA) is 104 Å². The van der Waals surface area contributed by atoms with Crippen LogP contribution in [-0.2, 0) is 14.8 Å². The van der Waals surface area contributed by atoms with Crippen LogP contribution < -0.4 is 0 Å². The highest BCUT2D eigenvalue weighted by atomic mass is 32.2. The minimum absolute atomic E-state index is 0.0305. The zero-order valence-corrected chi connectivity index (χ0v) is 17.4. The van der Waals surface area contributed by atoms with E-state index >= 15 is 0 Å². The fraction of sp³-hybridized carbons (Fsp3) is 0.526. The van der Waals surface area contributed by atoms with Gasteiger partial charge in [-0.2, -0.15) is 4.31 Å². The molecular weight excluding hydrogens is 398 g/mol. The molecular formula is C19H25N3O6S. The van der Waals surface area contributed by atoms with Crippen molar-refractivity contribution >= 4 is 27.7 Å².